The molecule has 0 saturated carbocycles. The summed E-state index contributed by atoms with van der Waals surface area (Å²) < 4.78 is 13.1. The smallest absolute Gasteiger partial charge is 0.151 e. The van der Waals surface area contributed by atoms with Crippen LogP contribution < -0.4 is 0 Å². The molecule has 0 saturated heterocycles. The van der Waals surface area contributed by atoms with Crippen LogP contribution in [0.5, 0.6) is 0 Å². The minimum Gasteiger partial charge on any atom is -0.342 e. The molecule has 3 unspecified atom stereocenters. The van der Waals surface area contributed by atoms with Crippen molar-refractivity contribution < 1.29 is 4.39 Å². The van der Waals surface area contributed by atoms with Crippen molar-refractivity contribution in [1.82, 2.24) is 4.90 Å². The number of fused-ring (bicyclic) bond motifs is 1. The molecule has 13 heavy (non-hydrogen) atoms. The van der Waals surface area contributed by atoms with Gasteiger partial charge in [0.1, 0.15) is 18.6 Å². The van der Waals surface area contributed by atoms with E-state index in [2.05, 4.69) is 15.0 Å². The van der Waals surface area contributed by atoms with Gasteiger partial charge in [0.2, 0.25) is 0 Å². The molecule has 0 aliphatic carbocycles. The number of nitrogens with zero attached hydrogens (tertiary/aromatic N) is 4. The molecule has 4 nitrogen and oxygen atoms in total. The predicted octanol–water partition coefficient (Wildman–Crippen LogP) is 0.496. The molecule has 0 N–H and O–H groups in total. The van der Waals surface area contributed by atoms with Crippen LogP contribution in [-0.4, -0.2) is 48.7 Å². The number of hydrogen-bond donors (Lipinski definition) is 0. The van der Waals surface area contributed by atoms with Gasteiger partial charge in [-0.1, -0.05) is 0 Å². The van der Waals surface area contributed by atoms with Crippen molar-refractivity contribution in [2.45, 2.75) is 25.3 Å². The molecular weight excluding hydrogens is 171 g/mol. The van der Waals surface area contributed by atoms with Gasteiger partial charge in [-0.15, -0.1) is 0 Å². The summed E-state index contributed by atoms with van der Waals surface area (Å²) in [6.45, 7) is 1.48. The van der Waals surface area contributed by atoms with Crippen LogP contribution in [0.3, 0.4) is 0 Å². The lowest BCUT2D eigenvalue weighted by molar-refractivity contribution is 0.381. The Balaban J connectivity index is 2.27. The molecule has 0 aromatic heterocycles. The summed E-state index contributed by atoms with van der Waals surface area (Å²) in [5, 5.41) is 0. The molecule has 0 aromatic rings. The zero-order chi connectivity index (χ0) is 9.42. The van der Waals surface area contributed by atoms with Crippen molar-refractivity contribution in [2.24, 2.45) is 15.0 Å². The third-order valence-electron chi connectivity index (χ3n) is 2.25. The number of aliphatic imine (C=N–C) groups is 3. The Morgan fingerprint density at radius 3 is 3.00 bits per heavy atom. The molecule has 0 amide bonds. The number of halogens is 1. The van der Waals surface area contributed by atoms with Crippen LogP contribution in [0.4, 0.5) is 4.39 Å². The van der Waals surface area contributed by atoms with Gasteiger partial charge in [0, 0.05) is 7.05 Å². The molecule has 2 aliphatic rings. The Kier molecular flexibility index (Phi) is 1.86. The standard InChI is InChI=1S/C8H11FN4/c1-5(9)6-7-8(11-3-10-6)13(2)4-12-7/h3-5,7-8H,1-2H3. The predicted molar refractivity (Wildman–Crippen MR) is 50.3 cm³/mol. The summed E-state index contributed by atoms with van der Waals surface area (Å²) >= 11 is 0. The first kappa shape index (κ1) is 8.34. The van der Waals surface area contributed by atoms with Crippen LogP contribution in [0, 0.1) is 0 Å². The second kappa shape index (κ2) is 2.90. The van der Waals surface area contributed by atoms with Crippen molar-refractivity contribution in [3.8, 4) is 0 Å². The van der Waals surface area contributed by atoms with Crippen molar-refractivity contribution in [1.29, 1.82) is 0 Å². The van der Waals surface area contributed by atoms with Crippen molar-refractivity contribution >= 4 is 18.4 Å². The Morgan fingerprint density at radius 1 is 1.54 bits per heavy atom. The number of alkyl halides is 1. The SMILES string of the molecule is CC(F)C1=NC=NC2C1N=CN2C. The third kappa shape index (κ3) is 1.24. The fourth-order valence-corrected chi connectivity index (χ4v) is 1.54. The van der Waals surface area contributed by atoms with E-state index < -0.39 is 6.17 Å². The molecule has 0 aromatic carbocycles. The monoisotopic (exact) mass is 182 g/mol. The second-order valence-electron chi connectivity index (χ2n) is 3.22. The first-order valence-corrected chi connectivity index (χ1v) is 4.18. The van der Waals surface area contributed by atoms with E-state index in [1.807, 2.05) is 11.9 Å². The lowest BCUT2D eigenvalue weighted by atomic mass is 10.1. The largest absolute Gasteiger partial charge is 0.342 e. The van der Waals surface area contributed by atoms with Gasteiger partial charge in [0.25, 0.3) is 0 Å². The van der Waals surface area contributed by atoms with Crippen LogP contribution >= 0.6 is 0 Å². The van der Waals surface area contributed by atoms with Gasteiger partial charge in [-0.2, -0.15) is 0 Å². The van der Waals surface area contributed by atoms with E-state index in [4.69, 9.17) is 0 Å². The molecule has 5 heteroatoms. The molecule has 0 fully saturated rings. The van der Waals surface area contributed by atoms with E-state index in [-0.39, 0.29) is 12.2 Å². The van der Waals surface area contributed by atoms with Crippen LogP contribution in [0.25, 0.3) is 0 Å². The highest BCUT2D eigenvalue weighted by atomic mass is 19.1. The van der Waals surface area contributed by atoms with Crippen LogP contribution in [0.2, 0.25) is 0 Å². The zero-order valence-electron chi connectivity index (χ0n) is 7.55. The summed E-state index contributed by atoms with van der Waals surface area (Å²) in [6, 6.07) is -0.227. The average molecular weight is 182 g/mol. The van der Waals surface area contributed by atoms with Gasteiger partial charge >= 0.3 is 0 Å². The average Bonchev–Trinajstić information content (AvgIpc) is 2.48. The zero-order valence-corrected chi connectivity index (χ0v) is 7.55. The van der Waals surface area contributed by atoms with Crippen LogP contribution in [0.1, 0.15) is 6.92 Å². The maximum absolute atomic E-state index is 13.1. The fourth-order valence-electron chi connectivity index (χ4n) is 1.54. The Hall–Kier alpha value is -1.26. The molecule has 2 aliphatic heterocycles. The van der Waals surface area contributed by atoms with Crippen molar-refractivity contribution in [2.75, 3.05) is 7.05 Å². The first-order chi connectivity index (χ1) is 6.20. The Morgan fingerprint density at radius 2 is 2.31 bits per heavy atom. The molecule has 70 valence electrons. The molecule has 0 bridgehead atoms. The second-order valence-corrected chi connectivity index (χ2v) is 3.22. The first-order valence-electron chi connectivity index (χ1n) is 4.18. The van der Waals surface area contributed by atoms with E-state index in [0.717, 1.165) is 0 Å². The van der Waals surface area contributed by atoms with E-state index in [1.165, 1.54) is 13.3 Å². The molecule has 2 rings (SSSR count). The third-order valence-corrected chi connectivity index (χ3v) is 2.25. The number of likely N-dealkylation sites (N-methyl/N-ethyl adjacent to an activating group) is 1. The van der Waals surface area contributed by atoms with Crippen LogP contribution in [0.15, 0.2) is 15.0 Å². The summed E-state index contributed by atoms with van der Waals surface area (Å²) in [4.78, 5) is 14.1. The highest BCUT2D eigenvalue weighted by Crippen LogP contribution is 2.19. The van der Waals surface area contributed by atoms with E-state index in [0.29, 0.717) is 5.71 Å². The fraction of sp³-hybridized carbons (Fsp3) is 0.625. The lowest BCUT2D eigenvalue weighted by Gasteiger charge is -2.24. The van der Waals surface area contributed by atoms with E-state index >= 15 is 0 Å². The van der Waals surface area contributed by atoms with Gasteiger partial charge in [-0.3, -0.25) is 4.99 Å². The maximum Gasteiger partial charge on any atom is 0.151 e. The highest BCUT2D eigenvalue weighted by molar-refractivity contribution is 6.01. The summed E-state index contributed by atoms with van der Waals surface area (Å²) in [5.41, 5.74) is 0.473. The summed E-state index contributed by atoms with van der Waals surface area (Å²) in [6.07, 6.45) is 1.95. The Bertz CT molecular complexity index is 295. The molecule has 0 radical (unpaired) electrons. The summed E-state index contributed by atoms with van der Waals surface area (Å²) in [5.74, 6) is 0. The van der Waals surface area contributed by atoms with Gasteiger partial charge in [0.05, 0.1) is 12.1 Å². The van der Waals surface area contributed by atoms with Crippen molar-refractivity contribution in [3.63, 3.8) is 0 Å². The topological polar surface area (TPSA) is 40.3 Å². The molecule has 0 spiro atoms. The molecular formula is C8H11FN4. The van der Waals surface area contributed by atoms with Gasteiger partial charge in [-0.05, 0) is 6.92 Å². The summed E-state index contributed by atoms with van der Waals surface area (Å²) in [7, 11) is 1.87. The Labute approximate surface area is 75.9 Å². The quantitative estimate of drug-likeness (QED) is 0.582. The van der Waals surface area contributed by atoms with E-state index in [9.17, 15) is 4.39 Å². The van der Waals surface area contributed by atoms with Gasteiger partial charge in [0.15, 0.2) is 6.17 Å². The van der Waals surface area contributed by atoms with Gasteiger partial charge < -0.3 is 4.90 Å². The van der Waals surface area contributed by atoms with E-state index in [1.54, 1.807) is 6.34 Å². The number of rotatable bonds is 1. The van der Waals surface area contributed by atoms with Gasteiger partial charge in [-0.25, -0.2) is 14.4 Å². The minimum atomic E-state index is -1.05. The van der Waals surface area contributed by atoms with Crippen molar-refractivity contribution in [3.05, 3.63) is 0 Å². The molecule has 3 atom stereocenters. The minimum absolute atomic E-state index is 0.0919. The molecule has 2 heterocycles. The normalized spacial score (nSPS) is 33.2. The highest BCUT2D eigenvalue weighted by Gasteiger charge is 2.35. The van der Waals surface area contributed by atoms with Crippen LogP contribution in [-0.2, 0) is 0 Å². The number of hydrogen-bond acceptors (Lipinski definition) is 4. The lowest BCUT2D eigenvalue weighted by Crippen LogP contribution is -2.41. The maximum atomic E-state index is 13.1.